The first-order valence-electron chi connectivity index (χ1n) is 5.09. The molecule has 1 aliphatic heterocycles. The van der Waals surface area contributed by atoms with Crippen LogP contribution in [0.4, 0.5) is 5.69 Å². The fourth-order valence-electron chi connectivity index (χ4n) is 2.54. The smallest absolute Gasteiger partial charge is 0.0447 e. The third-order valence-corrected chi connectivity index (χ3v) is 3.21. The summed E-state index contributed by atoms with van der Waals surface area (Å²) in [5, 5.41) is 0. The van der Waals surface area contributed by atoms with E-state index in [2.05, 4.69) is 63.1 Å². The molecule has 1 heteroatoms. The lowest BCUT2D eigenvalue weighted by atomic mass is 9.84. The number of hydrogen-bond donors (Lipinski definition) is 0. The van der Waals surface area contributed by atoms with Gasteiger partial charge in [-0.25, -0.2) is 0 Å². The van der Waals surface area contributed by atoms with Crippen molar-refractivity contribution in [3.05, 3.63) is 41.6 Å². The SMILES string of the molecule is CC=C1N(C)c2ccccc2C1(C)C. The first-order valence-corrected chi connectivity index (χ1v) is 5.09. The van der Waals surface area contributed by atoms with Gasteiger partial charge in [-0.1, -0.05) is 38.1 Å². The van der Waals surface area contributed by atoms with E-state index in [9.17, 15) is 0 Å². The van der Waals surface area contributed by atoms with Crippen molar-refractivity contribution >= 4 is 5.69 Å². The van der Waals surface area contributed by atoms with Crippen molar-refractivity contribution in [1.29, 1.82) is 0 Å². The summed E-state index contributed by atoms with van der Waals surface area (Å²) in [4.78, 5) is 2.29. The van der Waals surface area contributed by atoms with Gasteiger partial charge in [0.25, 0.3) is 0 Å². The van der Waals surface area contributed by atoms with Crippen LogP contribution in [0.2, 0.25) is 0 Å². The summed E-state index contributed by atoms with van der Waals surface area (Å²) in [5.74, 6) is 0. The van der Waals surface area contributed by atoms with Crippen molar-refractivity contribution in [2.24, 2.45) is 0 Å². The van der Waals surface area contributed by atoms with Gasteiger partial charge in [-0.15, -0.1) is 0 Å². The molecule has 1 aromatic carbocycles. The second-order valence-electron chi connectivity index (χ2n) is 4.38. The Hall–Kier alpha value is -1.24. The van der Waals surface area contributed by atoms with Gasteiger partial charge in [-0.05, 0) is 18.6 Å². The van der Waals surface area contributed by atoms with Crippen LogP contribution in [0, 0.1) is 0 Å². The zero-order valence-corrected chi connectivity index (χ0v) is 9.33. The summed E-state index contributed by atoms with van der Waals surface area (Å²) in [6, 6.07) is 8.63. The Labute approximate surface area is 86.1 Å². The molecule has 0 bridgehead atoms. The van der Waals surface area contributed by atoms with Gasteiger partial charge in [0, 0.05) is 23.8 Å². The van der Waals surface area contributed by atoms with Crippen LogP contribution in [0.25, 0.3) is 0 Å². The Morgan fingerprint density at radius 3 is 2.43 bits per heavy atom. The molecule has 74 valence electrons. The molecule has 0 radical (unpaired) electrons. The minimum absolute atomic E-state index is 0.153. The fourth-order valence-corrected chi connectivity index (χ4v) is 2.54. The Morgan fingerprint density at radius 2 is 1.86 bits per heavy atom. The highest BCUT2D eigenvalue weighted by Crippen LogP contribution is 2.46. The molecule has 1 aliphatic rings. The summed E-state index contributed by atoms with van der Waals surface area (Å²) >= 11 is 0. The van der Waals surface area contributed by atoms with Gasteiger partial charge in [0.1, 0.15) is 0 Å². The van der Waals surface area contributed by atoms with Gasteiger partial charge in [0.15, 0.2) is 0 Å². The van der Waals surface area contributed by atoms with Gasteiger partial charge in [0.05, 0.1) is 0 Å². The van der Waals surface area contributed by atoms with E-state index in [1.807, 2.05) is 0 Å². The molecule has 14 heavy (non-hydrogen) atoms. The molecule has 1 nitrogen and oxygen atoms in total. The maximum Gasteiger partial charge on any atom is 0.0447 e. The number of hydrogen-bond acceptors (Lipinski definition) is 1. The van der Waals surface area contributed by atoms with Crippen molar-refractivity contribution in [3.63, 3.8) is 0 Å². The van der Waals surface area contributed by atoms with E-state index in [4.69, 9.17) is 0 Å². The molecule has 0 saturated carbocycles. The van der Waals surface area contributed by atoms with E-state index in [-0.39, 0.29) is 5.41 Å². The number of likely N-dealkylation sites (N-methyl/N-ethyl adjacent to an activating group) is 1. The Balaban J connectivity index is 2.67. The van der Waals surface area contributed by atoms with Crippen LogP contribution >= 0.6 is 0 Å². The number of para-hydroxylation sites is 1. The maximum absolute atomic E-state index is 2.29. The first kappa shape index (κ1) is 9.32. The fraction of sp³-hybridized carbons (Fsp3) is 0.385. The predicted octanol–water partition coefficient (Wildman–Crippen LogP) is 3.32. The molecule has 0 fully saturated rings. The summed E-state index contributed by atoms with van der Waals surface area (Å²) in [7, 11) is 2.14. The molecule has 1 aromatic rings. The zero-order chi connectivity index (χ0) is 10.3. The van der Waals surface area contributed by atoms with Crippen LogP contribution in [0.3, 0.4) is 0 Å². The average molecular weight is 187 g/mol. The molecule has 0 aromatic heterocycles. The van der Waals surface area contributed by atoms with E-state index in [1.54, 1.807) is 0 Å². The van der Waals surface area contributed by atoms with Gasteiger partial charge in [-0.2, -0.15) is 0 Å². The van der Waals surface area contributed by atoms with Crippen LogP contribution in [-0.2, 0) is 5.41 Å². The number of allylic oxidation sites excluding steroid dienone is 2. The van der Waals surface area contributed by atoms with Gasteiger partial charge >= 0.3 is 0 Å². The lowest BCUT2D eigenvalue weighted by Gasteiger charge is -2.23. The van der Waals surface area contributed by atoms with Crippen LogP contribution in [0.5, 0.6) is 0 Å². The lowest BCUT2D eigenvalue weighted by molar-refractivity contribution is 0.639. The molecule has 0 saturated heterocycles. The summed E-state index contributed by atoms with van der Waals surface area (Å²) in [5.41, 5.74) is 4.31. The molecule has 1 heterocycles. The highest BCUT2D eigenvalue weighted by molar-refractivity contribution is 5.69. The average Bonchev–Trinajstić information content (AvgIpc) is 2.36. The molecular formula is C13H17N. The molecular weight excluding hydrogens is 170 g/mol. The van der Waals surface area contributed by atoms with Crippen molar-refractivity contribution in [2.45, 2.75) is 26.2 Å². The molecule has 2 rings (SSSR count). The molecule has 0 amide bonds. The van der Waals surface area contributed by atoms with Crippen molar-refractivity contribution < 1.29 is 0 Å². The molecule has 0 unspecified atom stereocenters. The predicted molar refractivity (Wildman–Crippen MR) is 61.6 cm³/mol. The first-order chi connectivity index (χ1) is 6.59. The van der Waals surface area contributed by atoms with Crippen molar-refractivity contribution in [1.82, 2.24) is 0 Å². The summed E-state index contributed by atoms with van der Waals surface area (Å²) in [6.07, 6.45) is 2.21. The van der Waals surface area contributed by atoms with Crippen molar-refractivity contribution in [3.8, 4) is 0 Å². The Morgan fingerprint density at radius 1 is 1.21 bits per heavy atom. The van der Waals surface area contributed by atoms with Crippen LogP contribution in [0.15, 0.2) is 36.0 Å². The molecule has 0 atom stereocenters. The quantitative estimate of drug-likeness (QED) is 0.602. The van der Waals surface area contributed by atoms with Gasteiger partial charge in [0.2, 0.25) is 0 Å². The number of anilines is 1. The Kier molecular flexibility index (Phi) is 1.91. The summed E-state index contributed by atoms with van der Waals surface area (Å²) in [6.45, 7) is 6.68. The van der Waals surface area contributed by atoms with Gasteiger partial charge < -0.3 is 4.90 Å². The van der Waals surface area contributed by atoms with E-state index >= 15 is 0 Å². The standard InChI is InChI=1S/C13H17N/c1-5-12-13(2,3)10-8-6-7-9-11(10)14(12)4/h5-9H,1-4H3. The van der Waals surface area contributed by atoms with Gasteiger partial charge in [-0.3, -0.25) is 0 Å². The van der Waals surface area contributed by atoms with Crippen molar-refractivity contribution in [2.75, 3.05) is 11.9 Å². The topological polar surface area (TPSA) is 3.24 Å². The second-order valence-corrected chi connectivity index (χ2v) is 4.38. The maximum atomic E-state index is 2.29. The van der Waals surface area contributed by atoms with E-state index in [1.165, 1.54) is 16.9 Å². The molecule has 0 spiro atoms. The minimum Gasteiger partial charge on any atom is -0.347 e. The van der Waals surface area contributed by atoms with E-state index in [0.29, 0.717) is 0 Å². The summed E-state index contributed by atoms with van der Waals surface area (Å²) < 4.78 is 0. The molecule has 0 aliphatic carbocycles. The monoisotopic (exact) mass is 187 g/mol. The number of fused-ring (bicyclic) bond motifs is 1. The normalized spacial score (nSPS) is 21.4. The van der Waals surface area contributed by atoms with E-state index < -0.39 is 0 Å². The largest absolute Gasteiger partial charge is 0.347 e. The number of nitrogens with zero attached hydrogens (tertiary/aromatic N) is 1. The third-order valence-electron chi connectivity index (χ3n) is 3.21. The third kappa shape index (κ3) is 1.02. The molecule has 0 N–H and O–H groups in total. The highest BCUT2D eigenvalue weighted by atomic mass is 15.2. The lowest BCUT2D eigenvalue weighted by Crippen LogP contribution is -2.22. The number of benzene rings is 1. The number of rotatable bonds is 0. The second kappa shape index (κ2) is 2.88. The highest BCUT2D eigenvalue weighted by Gasteiger charge is 2.37. The van der Waals surface area contributed by atoms with Crippen LogP contribution in [0.1, 0.15) is 26.3 Å². The van der Waals surface area contributed by atoms with Crippen LogP contribution in [-0.4, -0.2) is 7.05 Å². The zero-order valence-electron chi connectivity index (χ0n) is 9.33. The van der Waals surface area contributed by atoms with Crippen LogP contribution < -0.4 is 4.90 Å². The van der Waals surface area contributed by atoms with E-state index in [0.717, 1.165) is 0 Å². The minimum atomic E-state index is 0.153. The Bertz CT molecular complexity index is 388.